The van der Waals surface area contributed by atoms with E-state index < -0.39 is 10.0 Å². The van der Waals surface area contributed by atoms with Crippen LogP contribution in [0.15, 0.2) is 23.0 Å². The minimum Gasteiger partial charge on any atom is -0.312 e. The Morgan fingerprint density at radius 3 is 2.80 bits per heavy atom. The maximum atomic E-state index is 11.9. The first kappa shape index (κ1) is 13.8. The summed E-state index contributed by atoms with van der Waals surface area (Å²) >= 11 is 0. The molecule has 6 nitrogen and oxygen atoms in total. The number of nitrogens with zero attached hydrogens (tertiary/aromatic N) is 2. The fourth-order valence-electron chi connectivity index (χ4n) is 3.43. The summed E-state index contributed by atoms with van der Waals surface area (Å²) in [6.07, 6.45) is 1.08. The Labute approximate surface area is 118 Å². The van der Waals surface area contributed by atoms with Crippen molar-refractivity contribution in [3.8, 4) is 0 Å². The third-order valence-corrected chi connectivity index (χ3v) is 5.00. The van der Waals surface area contributed by atoms with E-state index in [-0.39, 0.29) is 11.3 Å². The van der Waals surface area contributed by atoms with E-state index >= 15 is 0 Å². The van der Waals surface area contributed by atoms with Crippen molar-refractivity contribution >= 4 is 10.0 Å². The molecule has 0 aromatic carbocycles. The first-order valence-electron chi connectivity index (χ1n) is 6.85. The SMILES string of the molecule is NS(=O)(=O)CCN1C[C@@H]2C[C@H](C1)c1cccc(=O)n1C2. The first-order chi connectivity index (χ1) is 9.42. The third kappa shape index (κ3) is 2.79. The minimum absolute atomic E-state index is 0.00592. The van der Waals surface area contributed by atoms with Gasteiger partial charge in [-0.1, -0.05) is 6.07 Å². The molecular weight excluding hydrogens is 278 g/mol. The van der Waals surface area contributed by atoms with Crippen LogP contribution in [0.25, 0.3) is 0 Å². The van der Waals surface area contributed by atoms with Crippen molar-refractivity contribution in [3.05, 3.63) is 34.2 Å². The van der Waals surface area contributed by atoms with E-state index in [1.807, 2.05) is 10.6 Å². The standard InChI is InChI=1S/C13H19N3O3S/c14-20(18,19)5-4-15-7-10-6-11(9-15)12-2-1-3-13(17)16(12)8-10/h1-3,10-11H,4-9H2,(H2,14,18,19)/t10-,11+/m0/s1. The minimum atomic E-state index is -3.41. The molecule has 0 spiro atoms. The molecular formula is C13H19N3O3S. The van der Waals surface area contributed by atoms with Gasteiger partial charge in [-0.2, -0.15) is 0 Å². The number of pyridine rings is 1. The second-order valence-corrected chi connectivity index (χ2v) is 7.56. The smallest absolute Gasteiger partial charge is 0.250 e. The molecule has 0 aliphatic carbocycles. The highest BCUT2D eigenvalue weighted by molar-refractivity contribution is 7.89. The zero-order chi connectivity index (χ0) is 14.3. The number of aromatic nitrogens is 1. The largest absolute Gasteiger partial charge is 0.312 e. The summed E-state index contributed by atoms with van der Waals surface area (Å²) < 4.78 is 24.0. The fraction of sp³-hybridized carbons (Fsp3) is 0.615. The van der Waals surface area contributed by atoms with Crippen LogP contribution in [0.5, 0.6) is 0 Å². The van der Waals surface area contributed by atoms with Crippen molar-refractivity contribution in [2.75, 3.05) is 25.4 Å². The molecule has 20 heavy (non-hydrogen) atoms. The van der Waals surface area contributed by atoms with E-state index in [0.717, 1.165) is 31.7 Å². The van der Waals surface area contributed by atoms with Gasteiger partial charge in [0.05, 0.1) is 5.75 Å². The molecule has 0 radical (unpaired) electrons. The van der Waals surface area contributed by atoms with Gasteiger partial charge in [0.25, 0.3) is 5.56 Å². The van der Waals surface area contributed by atoms with Gasteiger partial charge >= 0.3 is 0 Å². The Hall–Kier alpha value is -1.18. The first-order valence-corrected chi connectivity index (χ1v) is 8.56. The molecule has 3 heterocycles. The van der Waals surface area contributed by atoms with Gasteiger partial charge in [0.15, 0.2) is 0 Å². The van der Waals surface area contributed by atoms with Gasteiger partial charge in [-0.15, -0.1) is 0 Å². The number of sulfonamides is 1. The fourth-order valence-corrected chi connectivity index (χ4v) is 3.95. The van der Waals surface area contributed by atoms with Gasteiger partial charge in [0.2, 0.25) is 10.0 Å². The van der Waals surface area contributed by atoms with Crippen LogP contribution < -0.4 is 10.7 Å². The van der Waals surface area contributed by atoms with Crippen molar-refractivity contribution < 1.29 is 8.42 Å². The van der Waals surface area contributed by atoms with Crippen LogP contribution in [0.1, 0.15) is 18.0 Å². The van der Waals surface area contributed by atoms with Crippen LogP contribution in [0.4, 0.5) is 0 Å². The molecule has 2 aliphatic heterocycles. The molecule has 0 unspecified atom stereocenters. The summed E-state index contributed by atoms with van der Waals surface area (Å²) in [5.74, 6) is 0.729. The van der Waals surface area contributed by atoms with Crippen molar-refractivity contribution in [1.29, 1.82) is 0 Å². The van der Waals surface area contributed by atoms with Gasteiger partial charge in [-0.25, -0.2) is 13.6 Å². The van der Waals surface area contributed by atoms with Crippen LogP contribution >= 0.6 is 0 Å². The van der Waals surface area contributed by atoms with Gasteiger partial charge in [-0.3, -0.25) is 4.79 Å². The number of primary sulfonamides is 1. The Balaban J connectivity index is 1.79. The average Bonchev–Trinajstić information content (AvgIpc) is 2.37. The van der Waals surface area contributed by atoms with Crippen molar-refractivity contribution in [2.24, 2.45) is 11.1 Å². The summed E-state index contributed by atoms with van der Waals surface area (Å²) in [6, 6.07) is 5.41. The average molecular weight is 297 g/mol. The summed E-state index contributed by atoms with van der Waals surface area (Å²) in [7, 11) is -3.41. The van der Waals surface area contributed by atoms with Crippen LogP contribution in [0.3, 0.4) is 0 Å². The number of piperidine rings is 1. The summed E-state index contributed by atoms with van der Waals surface area (Å²) in [5.41, 5.74) is 1.14. The van der Waals surface area contributed by atoms with Crippen LogP contribution in [0, 0.1) is 5.92 Å². The van der Waals surface area contributed by atoms with Gasteiger partial charge in [0, 0.05) is 43.9 Å². The second-order valence-electron chi connectivity index (χ2n) is 5.82. The lowest BCUT2D eigenvalue weighted by molar-refractivity contribution is 0.126. The molecule has 1 fully saturated rings. The van der Waals surface area contributed by atoms with E-state index in [1.165, 1.54) is 0 Å². The summed E-state index contributed by atoms with van der Waals surface area (Å²) in [6.45, 7) is 2.85. The summed E-state index contributed by atoms with van der Waals surface area (Å²) in [4.78, 5) is 14.0. The predicted octanol–water partition coefficient (Wildman–Crippen LogP) is -0.444. The molecule has 0 saturated carbocycles. The second kappa shape index (κ2) is 4.98. The van der Waals surface area contributed by atoms with E-state index in [1.54, 1.807) is 12.1 Å². The zero-order valence-corrected chi connectivity index (χ0v) is 12.1. The molecule has 1 saturated heterocycles. The molecule has 2 bridgehead atoms. The molecule has 2 atom stereocenters. The van der Waals surface area contributed by atoms with E-state index in [4.69, 9.17) is 5.14 Å². The third-order valence-electron chi connectivity index (χ3n) is 4.25. The number of hydrogen-bond donors (Lipinski definition) is 1. The van der Waals surface area contributed by atoms with Gasteiger partial charge in [-0.05, 0) is 18.4 Å². The van der Waals surface area contributed by atoms with Crippen molar-refractivity contribution in [3.63, 3.8) is 0 Å². The van der Waals surface area contributed by atoms with E-state index in [0.29, 0.717) is 18.4 Å². The highest BCUT2D eigenvalue weighted by Gasteiger charge is 2.34. The quantitative estimate of drug-likeness (QED) is 0.819. The normalized spacial score (nSPS) is 26.2. The lowest BCUT2D eigenvalue weighted by Crippen LogP contribution is -2.48. The van der Waals surface area contributed by atoms with Crippen LogP contribution in [0.2, 0.25) is 0 Å². The van der Waals surface area contributed by atoms with Gasteiger partial charge < -0.3 is 9.47 Å². The predicted molar refractivity (Wildman–Crippen MR) is 76.0 cm³/mol. The molecule has 1 aromatic heterocycles. The number of fused-ring (bicyclic) bond motifs is 4. The molecule has 7 heteroatoms. The summed E-state index contributed by atoms with van der Waals surface area (Å²) in [5, 5.41) is 5.06. The van der Waals surface area contributed by atoms with Crippen LogP contribution in [-0.2, 0) is 16.6 Å². The molecule has 1 aromatic rings. The van der Waals surface area contributed by atoms with Crippen molar-refractivity contribution in [2.45, 2.75) is 18.9 Å². The van der Waals surface area contributed by atoms with E-state index in [2.05, 4.69) is 4.90 Å². The number of likely N-dealkylation sites (tertiary alicyclic amines) is 1. The zero-order valence-electron chi connectivity index (χ0n) is 11.2. The lowest BCUT2D eigenvalue weighted by atomic mass is 9.83. The Kier molecular flexibility index (Phi) is 3.43. The molecule has 2 N–H and O–H groups in total. The molecule has 3 rings (SSSR count). The Bertz CT molecular complexity index is 668. The monoisotopic (exact) mass is 297 g/mol. The highest BCUT2D eigenvalue weighted by Crippen LogP contribution is 2.34. The Morgan fingerprint density at radius 2 is 2.05 bits per heavy atom. The number of rotatable bonds is 3. The Morgan fingerprint density at radius 1 is 1.25 bits per heavy atom. The topological polar surface area (TPSA) is 85.4 Å². The number of nitrogens with two attached hydrogens (primary N) is 1. The van der Waals surface area contributed by atoms with Gasteiger partial charge in [0.1, 0.15) is 0 Å². The van der Waals surface area contributed by atoms with E-state index in [9.17, 15) is 13.2 Å². The molecule has 2 aliphatic rings. The molecule has 110 valence electrons. The van der Waals surface area contributed by atoms with Crippen LogP contribution in [-0.4, -0.2) is 43.3 Å². The highest BCUT2D eigenvalue weighted by atomic mass is 32.2. The van der Waals surface area contributed by atoms with Crippen molar-refractivity contribution in [1.82, 2.24) is 9.47 Å². The maximum absolute atomic E-state index is 11.9. The maximum Gasteiger partial charge on any atom is 0.250 e. The molecule has 0 amide bonds. The lowest BCUT2D eigenvalue weighted by Gasteiger charge is -2.42. The number of hydrogen-bond acceptors (Lipinski definition) is 4.